The summed E-state index contributed by atoms with van der Waals surface area (Å²) in [5, 5.41) is 10.5. The zero-order chi connectivity index (χ0) is 10.1. The topological polar surface area (TPSA) is 63.7 Å². The summed E-state index contributed by atoms with van der Waals surface area (Å²) in [4.78, 5) is 3.18. The number of aromatic hydroxyl groups is 1. The van der Waals surface area contributed by atoms with Crippen LogP contribution in [0.3, 0.4) is 0 Å². The van der Waals surface area contributed by atoms with Crippen LogP contribution in [0.4, 0.5) is 0 Å². The van der Waals surface area contributed by atoms with Crippen molar-refractivity contribution in [3.05, 3.63) is 30.0 Å². The van der Waals surface area contributed by atoms with E-state index in [-0.39, 0.29) is 0 Å². The second-order valence-electron chi connectivity index (χ2n) is 3.85. The Balaban J connectivity index is 2.50. The molecule has 1 atom stereocenters. The van der Waals surface area contributed by atoms with Gasteiger partial charge in [0.15, 0.2) is 0 Å². The minimum atomic E-state index is 0.315. The third-order valence-electron chi connectivity index (χ3n) is 2.32. The van der Waals surface area contributed by atoms with Gasteiger partial charge in [0.05, 0.1) is 6.04 Å². The highest BCUT2D eigenvalue weighted by molar-refractivity contribution is 5.84. The number of rotatable bonds is 2. The van der Waals surface area contributed by atoms with E-state index in [9.17, 15) is 5.11 Å². The van der Waals surface area contributed by atoms with Crippen molar-refractivity contribution in [3.63, 3.8) is 0 Å². The van der Waals surface area contributed by atoms with Crippen LogP contribution in [0.2, 0.25) is 0 Å². The van der Waals surface area contributed by atoms with E-state index in [2.05, 4.69) is 17.6 Å². The van der Waals surface area contributed by atoms with Crippen molar-refractivity contribution in [2.75, 3.05) is 0 Å². The second-order valence-corrected chi connectivity index (χ2v) is 3.85. The number of phenols is 1. The Labute approximate surface area is 82.6 Å². The second kappa shape index (κ2) is 3.35. The number of aromatic amines is 1. The van der Waals surface area contributed by atoms with E-state index in [1.54, 1.807) is 12.1 Å². The summed E-state index contributed by atoms with van der Waals surface area (Å²) in [5.41, 5.74) is 6.25. The van der Waals surface area contributed by atoms with Gasteiger partial charge in [-0.1, -0.05) is 0 Å². The zero-order valence-corrected chi connectivity index (χ0v) is 8.25. The summed E-state index contributed by atoms with van der Waals surface area (Å²) in [7, 11) is 0. The van der Waals surface area contributed by atoms with Crippen LogP contribution in [0.25, 0.3) is 10.9 Å². The molecule has 0 unspecified atom stereocenters. The molecule has 0 fully saturated rings. The molecule has 0 radical (unpaired) electrons. The van der Waals surface area contributed by atoms with Crippen molar-refractivity contribution in [1.29, 1.82) is 0 Å². The van der Waals surface area contributed by atoms with E-state index in [1.165, 1.54) is 5.56 Å². The molecule has 0 spiro atoms. The van der Waals surface area contributed by atoms with E-state index in [0.29, 0.717) is 11.8 Å². The number of hydrogen-bond acceptors (Lipinski definition) is 1. The Morgan fingerprint density at radius 3 is 3.00 bits per heavy atom. The highest BCUT2D eigenvalue weighted by atomic mass is 16.3. The average molecular weight is 191 g/mol. The van der Waals surface area contributed by atoms with Gasteiger partial charge in [-0.15, -0.1) is 0 Å². The molecule has 3 nitrogen and oxygen atoms in total. The summed E-state index contributed by atoms with van der Waals surface area (Å²) in [6.45, 7) is 2.08. The number of H-pyrrole nitrogens is 1. The van der Waals surface area contributed by atoms with Crippen LogP contribution in [0.1, 0.15) is 12.5 Å². The van der Waals surface area contributed by atoms with Crippen molar-refractivity contribution in [2.45, 2.75) is 19.4 Å². The van der Waals surface area contributed by atoms with E-state index in [0.717, 1.165) is 17.3 Å². The van der Waals surface area contributed by atoms with Gasteiger partial charge in [0.25, 0.3) is 0 Å². The van der Waals surface area contributed by atoms with Gasteiger partial charge in [0.2, 0.25) is 0 Å². The number of aromatic nitrogens is 1. The highest BCUT2D eigenvalue weighted by Gasteiger charge is 2.07. The molecule has 14 heavy (non-hydrogen) atoms. The number of fused-ring (bicyclic) bond motifs is 1. The van der Waals surface area contributed by atoms with Gasteiger partial charge in [-0.05, 0) is 30.7 Å². The maximum Gasteiger partial charge on any atom is 0.116 e. The first kappa shape index (κ1) is 9.09. The molecule has 5 N–H and O–H groups in total. The summed E-state index contributed by atoms with van der Waals surface area (Å²) < 4.78 is 0. The summed E-state index contributed by atoms with van der Waals surface area (Å²) in [6, 6.07) is 5.76. The van der Waals surface area contributed by atoms with Crippen LogP contribution in [-0.4, -0.2) is 16.1 Å². The SMILES string of the molecule is C[C@@H]([NH3+])Cc1c[nH]c2ccc(O)cc12. The third-order valence-corrected chi connectivity index (χ3v) is 2.32. The molecule has 1 aromatic heterocycles. The maximum absolute atomic E-state index is 9.38. The average Bonchev–Trinajstić information content (AvgIpc) is 2.47. The molecule has 0 saturated heterocycles. The summed E-state index contributed by atoms with van der Waals surface area (Å²) >= 11 is 0. The molecule has 0 amide bonds. The molecule has 0 aliphatic heterocycles. The predicted octanol–water partition coefficient (Wildman–Crippen LogP) is 1.05. The van der Waals surface area contributed by atoms with Crippen LogP contribution in [0.5, 0.6) is 5.75 Å². The molecule has 0 aliphatic rings. The number of phenolic OH excluding ortho intramolecular Hbond substituents is 1. The normalized spacial score (nSPS) is 13.3. The Kier molecular flexibility index (Phi) is 2.17. The van der Waals surface area contributed by atoms with Gasteiger partial charge in [-0.2, -0.15) is 0 Å². The van der Waals surface area contributed by atoms with E-state index >= 15 is 0 Å². The van der Waals surface area contributed by atoms with Crippen molar-refractivity contribution in [3.8, 4) is 5.75 Å². The number of nitrogens with one attached hydrogen (secondary N) is 1. The van der Waals surface area contributed by atoms with Gasteiger partial charge in [-0.3, -0.25) is 0 Å². The fraction of sp³-hybridized carbons (Fsp3) is 0.273. The highest BCUT2D eigenvalue weighted by Crippen LogP contribution is 2.23. The van der Waals surface area contributed by atoms with Gasteiger partial charge in [0.1, 0.15) is 5.75 Å². The molecular formula is C11H15N2O+. The molecule has 2 aromatic rings. The van der Waals surface area contributed by atoms with E-state index in [4.69, 9.17) is 0 Å². The fourth-order valence-electron chi connectivity index (χ4n) is 1.71. The van der Waals surface area contributed by atoms with Crippen LogP contribution < -0.4 is 5.73 Å². The standard InChI is InChI=1S/C11H14N2O/c1-7(12)4-8-6-13-11-3-2-9(14)5-10(8)11/h2-3,5-7,13-14H,4,12H2,1H3/p+1/t7-/m1/s1. The molecule has 0 aliphatic carbocycles. The number of benzene rings is 1. The van der Waals surface area contributed by atoms with Gasteiger partial charge in [-0.25, -0.2) is 0 Å². The van der Waals surface area contributed by atoms with Crippen molar-refractivity contribution in [1.82, 2.24) is 4.98 Å². The monoisotopic (exact) mass is 191 g/mol. The van der Waals surface area contributed by atoms with Crippen molar-refractivity contribution < 1.29 is 10.8 Å². The molecule has 0 bridgehead atoms. The van der Waals surface area contributed by atoms with Crippen LogP contribution in [0.15, 0.2) is 24.4 Å². The fourth-order valence-corrected chi connectivity index (χ4v) is 1.71. The zero-order valence-electron chi connectivity index (χ0n) is 8.25. The van der Waals surface area contributed by atoms with E-state index in [1.807, 2.05) is 12.3 Å². The van der Waals surface area contributed by atoms with Crippen LogP contribution in [-0.2, 0) is 6.42 Å². The lowest BCUT2D eigenvalue weighted by Crippen LogP contribution is -2.60. The lowest BCUT2D eigenvalue weighted by atomic mass is 10.1. The molecule has 0 saturated carbocycles. The van der Waals surface area contributed by atoms with Crippen LogP contribution >= 0.6 is 0 Å². The Morgan fingerprint density at radius 2 is 2.29 bits per heavy atom. The lowest BCUT2D eigenvalue weighted by Gasteiger charge is -2.00. The van der Waals surface area contributed by atoms with Gasteiger partial charge >= 0.3 is 0 Å². The van der Waals surface area contributed by atoms with Crippen molar-refractivity contribution in [2.24, 2.45) is 0 Å². The van der Waals surface area contributed by atoms with Gasteiger partial charge < -0.3 is 15.8 Å². The van der Waals surface area contributed by atoms with Crippen LogP contribution in [0, 0.1) is 0 Å². The van der Waals surface area contributed by atoms with Crippen molar-refractivity contribution >= 4 is 10.9 Å². The molecule has 1 aromatic carbocycles. The quantitative estimate of drug-likeness (QED) is 0.652. The Morgan fingerprint density at radius 1 is 1.50 bits per heavy atom. The molecule has 2 rings (SSSR count). The smallest absolute Gasteiger partial charge is 0.116 e. The minimum absolute atomic E-state index is 0.315. The Hall–Kier alpha value is -1.48. The Bertz CT molecular complexity index is 445. The predicted molar refractivity (Wildman–Crippen MR) is 56.0 cm³/mol. The summed E-state index contributed by atoms with van der Waals surface area (Å²) in [6.07, 6.45) is 2.93. The molecule has 1 heterocycles. The maximum atomic E-state index is 9.38. The number of quaternary nitrogens is 1. The molecular weight excluding hydrogens is 176 g/mol. The largest absolute Gasteiger partial charge is 0.508 e. The van der Waals surface area contributed by atoms with Gasteiger partial charge in [0, 0.05) is 23.5 Å². The first-order valence-electron chi connectivity index (χ1n) is 4.79. The van der Waals surface area contributed by atoms with E-state index < -0.39 is 0 Å². The molecule has 74 valence electrons. The lowest BCUT2D eigenvalue weighted by molar-refractivity contribution is -0.413. The number of hydrogen-bond donors (Lipinski definition) is 3. The first-order chi connectivity index (χ1) is 6.66. The molecule has 3 heteroatoms. The summed E-state index contributed by atoms with van der Waals surface area (Å²) in [5.74, 6) is 0.315. The first-order valence-corrected chi connectivity index (χ1v) is 4.79. The third kappa shape index (κ3) is 1.59. The minimum Gasteiger partial charge on any atom is -0.508 e.